The Morgan fingerprint density at radius 1 is 1.10 bits per heavy atom. The van der Waals surface area contributed by atoms with Crippen molar-refractivity contribution in [2.24, 2.45) is 0 Å². The average molecular weight is 275 g/mol. The van der Waals surface area contributed by atoms with Gasteiger partial charge in [0.15, 0.2) is 23.1 Å². The summed E-state index contributed by atoms with van der Waals surface area (Å²) in [4.78, 5) is 10.9. The maximum Gasteiger partial charge on any atom is 0.337 e. The van der Waals surface area contributed by atoms with Crippen LogP contribution in [0.2, 0.25) is 0 Å². The van der Waals surface area contributed by atoms with Gasteiger partial charge in [0.05, 0.1) is 5.56 Å². The normalized spacial score (nSPS) is 10.9. The lowest BCUT2D eigenvalue weighted by Crippen LogP contribution is -1.99. The predicted octanol–water partition coefficient (Wildman–Crippen LogP) is 2.37. The summed E-state index contributed by atoms with van der Waals surface area (Å²) in [6.45, 7) is 0. The number of nitrogens with zero attached hydrogens (tertiary/aromatic N) is 3. The van der Waals surface area contributed by atoms with Crippen molar-refractivity contribution < 1.29 is 18.7 Å². The molecule has 2 aromatic heterocycles. The maximum atomic E-state index is 13.3. The first-order chi connectivity index (χ1) is 9.56. The first-order valence-corrected chi connectivity index (χ1v) is 5.60. The number of benzene rings is 1. The van der Waals surface area contributed by atoms with Gasteiger partial charge in [-0.3, -0.25) is 4.40 Å². The third-order valence-corrected chi connectivity index (χ3v) is 2.83. The van der Waals surface area contributed by atoms with E-state index in [0.717, 1.165) is 12.1 Å². The largest absolute Gasteiger partial charge is 0.478 e. The highest BCUT2D eigenvalue weighted by Crippen LogP contribution is 2.21. The minimum Gasteiger partial charge on any atom is -0.478 e. The van der Waals surface area contributed by atoms with Crippen LogP contribution >= 0.6 is 0 Å². The molecule has 100 valence electrons. The van der Waals surface area contributed by atoms with Crippen molar-refractivity contribution >= 4 is 11.6 Å². The summed E-state index contributed by atoms with van der Waals surface area (Å²) in [5.41, 5.74) is 0.759. The quantitative estimate of drug-likeness (QED) is 0.779. The molecule has 0 saturated heterocycles. The van der Waals surface area contributed by atoms with Crippen LogP contribution in [-0.4, -0.2) is 25.7 Å². The van der Waals surface area contributed by atoms with Crippen LogP contribution in [0.3, 0.4) is 0 Å². The summed E-state index contributed by atoms with van der Waals surface area (Å²) in [7, 11) is 0. The summed E-state index contributed by atoms with van der Waals surface area (Å²) in [6.07, 6.45) is 1.33. The Kier molecular flexibility index (Phi) is 2.67. The number of hydrogen-bond acceptors (Lipinski definition) is 3. The molecule has 3 rings (SSSR count). The molecule has 0 saturated carbocycles. The number of carbonyl (C=O) groups is 1. The van der Waals surface area contributed by atoms with E-state index in [1.165, 1.54) is 28.8 Å². The van der Waals surface area contributed by atoms with Crippen LogP contribution in [0.5, 0.6) is 0 Å². The lowest BCUT2D eigenvalue weighted by atomic mass is 10.2. The molecule has 0 aliphatic heterocycles. The number of fused-ring (bicyclic) bond motifs is 1. The standard InChI is InChI=1S/C13H7F2N3O2/c14-9-3-1-7(5-10(9)15)12-17-16-11-4-2-8(13(19)20)6-18(11)12/h1-6H,(H,19,20). The van der Waals surface area contributed by atoms with E-state index < -0.39 is 17.6 Å². The van der Waals surface area contributed by atoms with Crippen LogP contribution in [0.4, 0.5) is 8.78 Å². The molecule has 0 amide bonds. The number of carboxylic acid groups (broad SMARTS) is 1. The van der Waals surface area contributed by atoms with Gasteiger partial charge in [0.2, 0.25) is 0 Å². The average Bonchev–Trinajstić information content (AvgIpc) is 2.84. The monoisotopic (exact) mass is 275 g/mol. The Bertz CT molecular complexity index is 830. The molecule has 0 aliphatic carbocycles. The Morgan fingerprint density at radius 2 is 1.90 bits per heavy atom. The number of aromatic carboxylic acids is 1. The van der Waals surface area contributed by atoms with Crippen molar-refractivity contribution in [2.45, 2.75) is 0 Å². The molecule has 0 bridgehead atoms. The van der Waals surface area contributed by atoms with Crippen molar-refractivity contribution in [3.8, 4) is 11.4 Å². The Morgan fingerprint density at radius 3 is 2.60 bits per heavy atom. The van der Waals surface area contributed by atoms with Crippen LogP contribution < -0.4 is 0 Å². The summed E-state index contributed by atoms with van der Waals surface area (Å²) in [5, 5.41) is 16.7. The van der Waals surface area contributed by atoms with Crippen LogP contribution in [-0.2, 0) is 0 Å². The van der Waals surface area contributed by atoms with Crippen LogP contribution in [0.1, 0.15) is 10.4 Å². The fourth-order valence-electron chi connectivity index (χ4n) is 1.85. The molecular formula is C13H7F2N3O2. The highest BCUT2D eigenvalue weighted by molar-refractivity contribution is 5.87. The second-order valence-electron chi connectivity index (χ2n) is 4.10. The van der Waals surface area contributed by atoms with E-state index in [1.54, 1.807) is 0 Å². The lowest BCUT2D eigenvalue weighted by Gasteiger charge is -2.02. The van der Waals surface area contributed by atoms with Gasteiger partial charge in [0, 0.05) is 11.8 Å². The van der Waals surface area contributed by atoms with Gasteiger partial charge in [-0.1, -0.05) is 0 Å². The van der Waals surface area contributed by atoms with Crippen LogP contribution in [0, 0.1) is 11.6 Å². The van der Waals surface area contributed by atoms with Gasteiger partial charge < -0.3 is 5.11 Å². The predicted molar refractivity (Wildman–Crippen MR) is 65.3 cm³/mol. The van der Waals surface area contributed by atoms with Gasteiger partial charge in [-0.25, -0.2) is 13.6 Å². The van der Waals surface area contributed by atoms with Gasteiger partial charge in [-0.15, -0.1) is 10.2 Å². The van der Waals surface area contributed by atoms with E-state index in [1.807, 2.05) is 0 Å². The van der Waals surface area contributed by atoms with E-state index >= 15 is 0 Å². The highest BCUT2D eigenvalue weighted by atomic mass is 19.2. The maximum absolute atomic E-state index is 13.3. The number of rotatable bonds is 2. The Hall–Kier alpha value is -2.83. The molecule has 0 unspecified atom stereocenters. The Labute approximate surface area is 111 Å². The molecule has 1 N–H and O–H groups in total. The molecular weight excluding hydrogens is 268 g/mol. The number of carboxylic acids is 1. The first kappa shape index (κ1) is 12.2. The molecule has 0 aliphatic rings. The molecule has 2 heterocycles. The van der Waals surface area contributed by atoms with Gasteiger partial charge in [-0.05, 0) is 30.3 Å². The lowest BCUT2D eigenvalue weighted by molar-refractivity contribution is 0.0696. The molecule has 3 aromatic rings. The molecule has 1 aromatic carbocycles. The van der Waals surface area contributed by atoms with Crippen LogP contribution in [0.25, 0.3) is 17.0 Å². The molecule has 0 spiro atoms. The number of halogens is 2. The zero-order chi connectivity index (χ0) is 14.3. The van der Waals surface area contributed by atoms with E-state index in [-0.39, 0.29) is 11.4 Å². The zero-order valence-electron chi connectivity index (χ0n) is 9.92. The van der Waals surface area contributed by atoms with Gasteiger partial charge in [0.25, 0.3) is 0 Å². The summed E-state index contributed by atoms with van der Waals surface area (Å²) >= 11 is 0. The van der Waals surface area contributed by atoms with Crippen molar-refractivity contribution in [1.29, 1.82) is 0 Å². The summed E-state index contributed by atoms with van der Waals surface area (Å²) in [5.74, 6) is -2.83. The Balaban J connectivity index is 2.22. The second kappa shape index (κ2) is 4.37. The van der Waals surface area contributed by atoms with Crippen molar-refractivity contribution in [3.05, 3.63) is 53.7 Å². The van der Waals surface area contributed by atoms with Crippen molar-refractivity contribution in [3.63, 3.8) is 0 Å². The van der Waals surface area contributed by atoms with Gasteiger partial charge >= 0.3 is 5.97 Å². The molecule has 7 heteroatoms. The smallest absolute Gasteiger partial charge is 0.337 e. The number of hydrogen-bond donors (Lipinski definition) is 1. The summed E-state index contributed by atoms with van der Waals surface area (Å²) in [6, 6.07) is 6.19. The molecule has 0 atom stereocenters. The van der Waals surface area contributed by atoms with E-state index in [0.29, 0.717) is 11.2 Å². The van der Waals surface area contributed by atoms with Gasteiger partial charge in [-0.2, -0.15) is 0 Å². The fraction of sp³-hybridized carbons (Fsp3) is 0. The highest BCUT2D eigenvalue weighted by Gasteiger charge is 2.12. The topological polar surface area (TPSA) is 67.5 Å². The van der Waals surface area contributed by atoms with Gasteiger partial charge in [0.1, 0.15) is 0 Å². The first-order valence-electron chi connectivity index (χ1n) is 5.60. The fourth-order valence-corrected chi connectivity index (χ4v) is 1.85. The molecule has 20 heavy (non-hydrogen) atoms. The second-order valence-corrected chi connectivity index (χ2v) is 4.10. The third kappa shape index (κ3) is 1.89. The van der Waals surface area contributed by atoms with E-state index in [2.05, 4.69) is 10.2 Å². The van der Waals surface area contributed by atoms with E-state index in [4.69, 9.17) is 5.11 Å². The van der Waals surface area contributed by atoms with Crippen molar-refractivity contribution in [2.75, 3.05) is 0 Å². The minimum absolute atomic E-state index is 0.0427. The molecule has 0 radical (unpaired) electrons. The number of pyridine rings is 1. The minimum atomic E-state index is -1.10. The summed E-state index contributed by atoms with van der Waals surface area (Å²) < 4.78 is 27.6. The number of aromatic nitrogens is 3. The molecule has 5 nitrogen and oxygen atoms in total. The molecule has 0 fully saturated rings. The zero-order valence-corrected chi connectivity index (χ0v) is 9.92. The van der Waals surface area contributed by atoms with E-state index in [9.17, 15) is 13.6 Å². The SMILES string of the molecule is O=C(O)c1ccc2nnc(-c3ccc(F)c(F)c3)n2c1. The van der Waals surface area contributed by atoms with Crippen LogP contribution in [0.15, 0.2) is 36.5 Å². The van der Waals surface area contributed by atoms with Crippen molar-refractivity contribution in [1.82, 2.24) is 14.6 Å². The third-order valence-electron chi connectivity index (χ3n) is 2.83.